The molecule has 0 fully saturated rings. The van der Waals surface area contributed by atoms with Crippen LogP contribution < -0.4 is 0 Å². The van der Waals surface area contributed by atoms with Gasteiger partial charge in [0.25, 0.3) is 0 Å². The molecule has 78 valence electrons. The average Bonchev–Trinajstić information content (AvgIpc) is 1.72. The van der Waals surface area contributed by atoms with Crippen molar-refractivity contribution in [3.63, 3.8) is 0 Å². The normalized spacial score (nSPS) is 6.55. The third-order valence-electron chi connectivity index (χ3n) is 0. The highest BCUT2D eigenvalue weighted by Gasteiger charge is 1.95. The van der Waals surface area contributed by atoms with E-state index in [9.17, 15) is 0 Å². The summed E-state index contributed by atoms with van der Waals surface area (Å²) in [5.74, 6) is 0. The summed E-state index contributed by atoms with van der Waals surface area (Å²) in [6.45, 7) is 16.8. The molecule has 0 heteroatoms. The molecular weight excluding hydrogens is 132 g/mol. The molecule has 0 spiro atoms. The lowest BCUT2D eigenvalue weighted by Gasteiger charge is -2.05. The van der Waals surface area contributed by atoms with Crippen molar-refractivity contribution in [2.75, 3.05) is 0 Å². The standard InChI is InChI=1S/C5H12.2C2H6.2CH4.H2/c1-5(2,3)4;2*1-2;;;/h1-4H3;2*1-2H3;2*1H4;1H/i;;;;;1+1. The van der Waals surface area contributed by atoms with Crippen LogP contribution in [0, 0.1) is 5.41 Å². The lowest BCUT2D eigenvalue weighted by atomic mass is 10.0. The zero-order chi connectivity index (χ0) is 8.50. The van der Waals surface area contributed by atoms with Gasteiger partial charge in [0, 0.05) is 1.43 Å². The minimum Gasteiger partial charge on any atom is -0.0776 e. The molecule has 0 amide bonds. The van der Waals surface area contributed by atoms with Crippen LogP contribution in [0.2, 0.25) is 0 Å². The van der Waals surface area contributed by atoms with Gasteiger partial charge in [-0.3, -0.25) is 0 Å². The van der Waals surface area contributed by atoms with Crippen molar-refractivity contribution >= 4 is 0 Å². The van der Waals surface area contributed by atoms with E-state index in [1.54, 1.807) is 0 Å². The van der Waals surface area contributed by atoms with Crippen molar-refractivity contribution in [3.8, 4) is 0 Å². The van der Waals surface area contributed by atoms with Gasteiger partial charge in [-0.25, -0.2) is 0 Å². The molecule has 0 unspecified atom stereocenters. The van der Waals surface area contributed by atoms with Crippen molar-refractivity contribution in [2.24, 2.45) is 5.41 Å². The molecule has 0 atom stereocenters. The predicted octanol–water partition coefficient (Wildman–Crippen LogP) is 5.62. The van der Waals surface area contributed by atoms with Gasteiger partial charge in [-0.1, -0.05) is 70.2 Å². The van der Waals surface area contributed by atoms with Gasteiger partial charge in [0.05, 0.1) is 0 Å². The van der Waals surface area contributed by atoms with Crippen LogP contribution in [-0.2, 0) is 0 Å². The Balaban J connectivity index is -0.0000000116. The Kier molecular flexibility index (Phi) is 62.5. The van der Waals surface area contributed by atoms with Crippen LogP contribution in [0.3, 0.4) is 0 Å². The fraction of sp³-hybridized carbons (Fsp3) is 1.00. The quantitative estimate of drug-likeness (QED) is 0.439. The van der Waals surface area contributed by atoms with E-state index < -0.39 is 0 Å². The van der Waals surface area contributed by atoms with E-state index in [4.69, 9.17) is 0 Å². The van der Waals surface area contributed by atoms with Gasteiger partial charge in [0.15, 0.2) is 0 Å². The molecule has 0 bridgehead atoms. The predicted molar refractivity (Wildman–Crippen MR) is 63.4 cm³/mol. The monoisotopic (exact) mass is 167 g/mol. The van der Waals surface area contributed by atoms with Crippen LogP contribution in [-0.4, -0.2) is 0 Å². The van der Waals surface area contributed by atoms with E-state index >= 15 is 0 Å². The maximum absolute atomic E-state index is 2.19. The van der Waals surface area contributed by atoms with E-state index in [1.165, 1.54) is 0 Å². The highest BCUT2D eigenvalue weighted by Crippen LogP contribution is 2.07. The molecule has 11 heavy (non-hydrogen) atoms. The van der Waals surface area contributed by atoms with Gasteiger partial charge in [-0.05, 0) is 5.41 Å². The lowest BCUT2D eigenvalue weighted by molar-refractivity contribution is 0.469. The molecule has 0 aromatic carbocycles. The molecule has 0 aliphatic carbocycles. The van der Waals surface area contributed by atoms with Crippen molar-refractivity contribution in [1.82, 2.24) is 0 Å². The highest BCUT2D eigenvalue weighted by atomic mass is 14.0. The van der Waals surface area contributed by atoms with Gasteiger partial charge in [0.1, 0.15) is 0 Å². The average molecular weight is 167 g/mol. The second-order valence-corrected chi connectivity index (χ2v) is 3.00. The molecular formula is C11H34. The fourth-order valence-electron chi connectivity index (χ4n) is 0. The minimum absolute atomic E-state index is 0. The molecule has 0 nitrogen and oxygen atoms in total. The van der Waals surface area contributed by atoms with Crippen LogP contribution in [0.15, 0.2) is 0 Å². The minimum atomic E-state index is 0. The highest BCUT2D eigenvalue weighted by molar-refractivity contribution is 4.47. The van der Waals surface area contributed by atoms with Crippen LogP contribution in [0.5, 0.6) is 0 Å². The summed E-state index contributed by atoms with van der Waals surface area (Å²) in [5.41, 5.74) is 0.500. The van der Waals surface area contributed by atoms with E-state index in [0.717, 1.165) is 0 Å². The molecule has 0 aromatic heterocycles. The SMILES string of the molecule is C.C.CC.CC.CC(C)(C)C.[2HH]. The Morgan fingerprint density at radius 3 is 0.636 bits per heavy atom. The Hall–Kier alpha value is 0. The van der Waals surface area contributed by atoms with Crippen LogP contribution in [0.25, 0.3) is 0 Å². The molecule has 0 aliphatic heterocycles. The zero-order valence-corrected chi connectivity index (χ0v) is 8.50. The van der Waals surface area contributed by atoms with Crippen molar-refractivity contribution < 1.29 is 1.43 Å². The van der Waals surface area contributed by atoms with Gasteiger partial charge >= 0.3 is 0 Å². The third kappa shape index (κ3) is 0. The molecule has 0 saturated carbocycles. The van der Waals surface area contributed by atoms with Gasteiger partial charge in [-0.2, -0.15) is 0 Å². The fourth-order valence-corrected chi connectivity index (χ4v) is 0. The summed E-state index contributed by atoms with van der Waals surface area (Å²) in [5, 5.41) is 0. The summed E-state index contributed by atoms with van der Waals surface area (Å²) in [4.78, 5) is 0. The van der Waals surface area contributed by atoms with Crippen molar-refractivity contribution in [1.29, 1.82) is 0 Å². The molecule has 0 aliphatic rings. The lowest BCUT2D eigenvalue weighted by Crippen LogP contribution is -1.93. The van der Waals surface area contributed by atoms with E-state index in [2.05, 4.69) is 27.7 Å². The number of hydrogen-bond acceptors (Lipinski definition) is 0. The van der Waals surface area contributed by atoms with Gasteiger partial charge in [0.2, 0.25) is 0 Å². The smallest absolute Gasteiger partial charge is 0 e. The first-order valence-electron chi connectivity index (χ1n) is 4.00. The summed E-state index contributed by atoms with van der Waals surface area (Å²) < 4.78 is 0. The van der Waals surface area contributed by atoms with Gasteiger partial charge in [-0.15, -0.1) is 0 Å². The number of rotatable bonds is 0. The Morgan fingerprint density at radius 1 is 0.636 bits per heavy atom. The second-order valence-electron chi connectivity index (χ2n) is 3.00. The van der Waals surface area contributed by atoms with Crippen molar-refractivity contribution in [2.45, 2.75) is 70.2 Å². The third-order valence-corrected chi connectivity index (χ3v) is 0. The first-order chi connectivity index (χ1) is 4.00. The molecule has 0 rings (SSSR count). The zero-order valence-electron chi connectivity index (χ0n) is 8.50. The van der Waals surface area contributed by atoms with Crippen LogP contribution >= 0.6 is 0 Å². The molecule has 0 radical (unpaired) electrons. The van der Waals surface area contributed by atoms with Crippen LogP contribution in [0.4, 0.5) is 0 Å². The maximum Gasteiger partial charge on any atom is 0 e. The summed E-state index contributed by atoms with van der Waals surface area (Å²) in [7, 11) is 0. The summed E-state index contributed by atoms with van der Waals surface area (Å²) >= 11 is 0. The second kappa shape index (κ2) is 22.5. The molecule has 0 saturated heterocycles. The summed E-state index contributed by atoms with van der Waals surface area (Å²) in [6, 6.07) is 0. The van der Waals surface area contributed by atoms with E-state index in [-0.39, 0.29) is 16.3 Å². The molecule has 0 aromatic rings. The Morgan fingerprint density at radius 2 is 0.636 bits per heavy atom. The first kappa shape index (κ1) is 30.6. The van der Waals surface area contributed by atoms with Crippen molar-refractivity contribution in [3.05, 3.63) is 0 Å². The topological polar surface area (TPSA) is 0 Å². The largest absolute Gasteiger partial charge is 0.0776 e. The Labute approximate surface area is 77.9 Å². The summed E-state index contributed by atoms with van der Waals surface area (Å²) in [6.07, 6.45) is 0. The maximum atomic E-state index is 2.19. The van der Waals surface area contributed by atoms with E-state index in [1.807, 2.05) is 27.7 Å². The molecule has 0 heterocycles. The van der Waals surface area contributed by atoms with Gasteiger partial charge < -0.3 is 0 Å². The van der Waals surface area contributed by atoms with Crippen LogP contribution in [0.1, 0.15) is 71.7 Å². The first-order valence-corrected chi connectivity index (χ1v) is 4.00. The number of hydrogen-bond donors (Lipinski definition) is 0. The molecule has 0 N–H and O–H groups in total. The Bertz CT molecular complexity index is 20.5. The van der Waals surface area contributed by atoms with E-state index in [0.29, 0.717) is 5.41 Å².